The number of rotatable bonds is 4. The molecule has 2 heterocycles. The van der Waals surface area contributed by atoms with Gasteiger partial charge in [0.2, 0.25) is 11.6 Å². The van der Waals surface area contributed by atoms with Crippen molar-refractivity contribution in [1.29, 1.82) is 0 Å². The van der Waals surface area contributed by atoms with Gasteiger partial charge in [0.25, 0.3) is 11.8 Å². The van der Waals surface area contributed by atoms with Crippen LogP contribution in [0.25, 0.3) is 0 Å². The second-order valence-corrected chi connectivity index (χ2v) is 7.05. The zero-order chi connectivity index (χ0) is 20.4. The van der Waals surface area contributed by atoms with Gasteiger partial charge in [0.15, 0.2) is 0 Å². The van der Waals surface area contributed by atoms with E-state index in [1.54, 1.807) is 31.2 Å². The van der Waals surface area contributed by atoms with E-state index in [0.29, 0.717) is 11.3 Å². The zero-order valence-corrected chi connectivity index (χ0v) is 16.1. The van der Waals surface area contributed by atoms with Crippen molar-refractivity contribution in [2.75, 3.05) is 11.4 Å². The number of carbonyl (C=O) groups excluding carboxylic acids is 3. The van der Waals surface area contributed by atoms with Crippen LogP contribution in [0.1, 0.15) is 35.7 Å². The SMILES string of the molecule is CC#CCNC(=O)C12CCC(=O)N1c1ccccc1C(=O)N2Cc1ccccc1. The lowest BCUT2D eigenvalue weighted by Gasteiger charge is -2.49. The van der Waals surface area contributed by atoms with Crippen molar-refractivity contribution in [1.82, 2.24) is 10.2 Å². The van der Waals surface area contributed by atoms with E-state index in [-0.39, 0.29) is 43.7 Å². The Kier molecular flexibility index (Phi) is 4.81. The Bertz CT molecular complexity index is 1040. The first kappa shape index (κ1) is 18.8. The van der Waals surface area contributed by atoms with Gasteiger partial charge in [-0.2, -0.15) is 0 Å². The summed E-state index contributed by atoms with van der Waals surface area (Å²) in [7, 11) is 0. The number of nitrogens with zero attached hydrogens (tertiary/aromatic N) is 2. The van der Waals surface area contributed by atoms with Crippen molar-refractivity contribution < 1.29 is 14.4 Å². The fraction of sp³-hybridized carbons (Fsp3) is 0.261. The van der Waals surface area contributed by atoms with Crippen LogP contribution in [-0.2, 0) is 16.1 Å². The smallest absolute Gasteiger partial charge is 0.268 e. The minimum atomic E-state index is -1.40. The molecule has 2 aromatic carbocycles. The average molecular weight is 387 g/mol. The molecule has 1 N–H and O–H groups in total. The molecule has 6 heteroatoms. The first-order valence-electron chi connectivity index (χ1n) is 9.55. The third kappa shape index (κ3) is 2.95. The van der Waals surface area contributed by atoms with E-state index in [1.165, 1.54) is 9.80 Å². The highest BCUT2D eigenvalue weighted by Crippen LogP contribution is 2.45. The number of hydrogen-bond donors (Lipinski definition) is 1. The van der Waals surface area contributed by atoms with E-state index in [2.05, 4.69) is 17.2 Å². The molecule has 3 amide bonds. The van der Waals surface area contributed by atoms with Crippen molar-refractivity contribution in [2.45, 2.75) is 32.0 Å². The fourth-order valence-corrected chi connectivity index (χ4v) is 4.12. The summed E-state index contributed by atoms with van der Waals surface area (Å²) in [5.74, 6) is 4.75. The molecule has 29 heavy (non-hydrogen) atoms. The lowest BCUT2D eigenvalue weighted by molar-refractivity contribution is -0.133. The third-order valence-corrected chi connectivity index (χ3v) is 5.44. The van der Waals surface area contributed by atoms with Crippen LogP contribution in [0.15, 0.2) is 54.6 Å². The first-order chi connectivity index (χ1) is 14.1. The third-order valence-electron chi connectivity index (χ3n) is 5.44. The van der Waals surface area contributed by atoms with Gasteiger partial charge in [0.1, 0.15) is 0 Å². The molecule has 0 radical (unpaired) electrons. The molecule has 1 unspecified atom stereocenters. The molecule has 146 valence electrons. The molecule has 0 aliphatic carbocycles. The number of carbonyl (C=O) groups is 3. The maximum absolute atomic E-state index is 13.5. The van der Waals surface area contributed by atoms with Crippen LogP contribution in [0.4, 0.5) is 5.69 Å². The predicted molar refractivity (Wildman–Crippen MR) is 109 cm³/mol. The van der Waals surface area contributed by atoms with Gasteiger partial charge in [0.05, 0.1) is 17.8 Å². The quantitative estimate of drug-likeness (QED) is 0.819. The van der Waals surface area contributed by atoms with E-state index in [9.17, 15) is 14.4 Å². The van der Waals surface area contributed by atoms with Crippen molar-refractivity contribution in [3.05, 3.63) is 65.7 Å². The number of anilines is 1. The minimum Gasteiger partial charge on any atom is -0.341 e. The summed E-state index contributed by atoms with van der Waals surface area (Å²) in [6.07, 6.45) is 0.434. The average Bonchev–Trinajstić information content (AvgIpc) is 3.10. The van der Waals surface area contributed by atoms with E-state index >= 15 is 0 Å². The summed E-state index contributed by atoms with van der Waals surface area (Å²) < 4.78 is 0. The molecular formula is C23H21N3O3. The number of nitrogens with one attached hydrogen (secondary N) is 1. The highest BCUT2D eigenvalue weighted by molar-refractivity contribution is 6.16. The summed E-state index contributed by atoms with van der Waals surface area (Å²) in [5.41, 5.74) is 0.407. The van der Waals surface area contributed by atoms with Crippen LogP contribution >= 0.6 is 0 Å². The largest absolute Gasteiger partial charge is 0.341 e. The van der Waals surface area contributed by atoms with Gasteiger partial charge in [-0.15, -0.1) is 5.92 Å². The molecule has 2 aliphatic rings. The molecule has 0 bridgehead atoms. The van der Waals surface area contributed by atoms with Crippen molar-refractivity contribution in [3.63, 3.8) is 0 Å². The van der Waals surface area contributed by atoms with Crippen molar-refractivity contribution in [3.8, 4) is 11.8 Å². The summed E-state index contributed by atoms with van der Waals surface area (Å²) >= 11 is 0. The second kappa shape index (κ2) is 7.44. The maximum atomic E-state index is 13.5. The van der Waals surface area contributed by atoms with Gasteiger partial charge in [0, 0.05) is 19.4 Å². The number of fused-ring (bicyclic) bond motifs is 3. The van der Waals surface area contributed by atoms with E-state index in [4.69, 9.17) is 0 Å². The van der Waals surface area contributed by atoms with Crippen LogP contribution in [-0.4, -0.2) is 34.8 Å². The Morgan fingerprint density at radius 2 is 1.83 bits per heavy atom. The van der Waals surface area contributed by atoms with Crippen molar-refractivity contribution in [2.24, 2.45) is 0 Å². The lowest BCUT2D eigenvalue weighted by Crippen LogP contribution is -2.70. The monoisotopic (exact) mass is 387 g/mol. The topological polar surface area (TPSA) is 69.7 Å². The molecule has 0 aromatic heterocycles. The van der Waals surface area contributed by atoms with Gasteiger partial charge < -0.3 is 10.2 Å². The van der Waals surface area contributed by atoms with Crippen LogP contribution in [0.2, 0.25) is 0 Å². The molecule has 1 atom stereocenters. The van der Waals surface area contributed by atoms with E-state index < -0.39 is 5.66 Å². The summed E-state index contributed by atoms with van der Waals surface area (Å²) in [4.78, 5) is 42.8. The van der Waals surface area contributed by atoms with E-state index in [0.717, 1.165) is 5.56 Å². The van der Waals surface area contributed by atoms with Crippen LogP contribution in [0.5, 0.6) is 0 Å². The van der Waals surface area contributed by atoms with Crippen molar-refractivity contribution >= 4 is 23.4 Å². The molecule has 2 aromatic rings. The van der Waals surface area contributed by atoms with E-state index in [1.807, 2.05) is 30.3 Å². The van der Waals surface area contributed by atoms with Gasteiger partial charge in [-0.3, -0.25) is 19.3 Å². The van der Waals surface area contributed by atoms with Gasteiger partial charge in [-0.05, 0) is 24.6 Å². The van der Waals surface area contributed by atoms with Crippen LogP contribution < -0.4 is 10.2 Å². The number of para-hydroxylation sites is 1. The first-order valence-corrected chi connectivity index (χ1v) is 9.55. The standard InChI is InChI=1S/C23H21N3O3/c1-2-3-15-24-22(29)23-14-13-20(27)26(23)19-12-8-7-11-18(19)21(28)25(23)16-17-9-5-4-6-10-17/h4-12H,13-16H2,1H3,(H,24,29). The molecule has 0 spiro atoms. The molecule has 0 saturated carbocycles. The zero-order valence-electron chi connectivity index (χ0n) is 16.1. The Hall–Kier alpha value is -3.59. The molecule has 1 saturated heterocycles. The Morgan fingerprint density at radius 3 is 2.59 bits per heavy atom. The van der Waals surface area contributed by atoms with Gasteiger partial charge >= 0.3 is 0 Å². The second-order valence-electron chi connectivity index (χ2n) is 7.05. The summed E-state index contributed by atoms with van der Waals surface area (Å²) in [5, 5.41) is 2.80. The fourth-order valence-electron chi connectivity index (χ4n) is 4.12. The highest BCUT2D eigenvalue weighted by Gasteiger charge is 2.60. The summed E-state index contributed by atoms with van der Waals surface area (Å²) in [6.45, 7) is 2.08. The molecule has 2 aliphatic heterocycles. The molecular weight excluding hydrogens is 366 g/mol. The lowest BCUT2D eigenvalue weighted by atomic mass is 9.94. The minimum absolute atomic E-state index is 0.161. The maximum Gasteiger partial charge on any atom is 0.268 e. The summed E-state index contributed by atoms with van der Waals surface area (Å²) in [6, 6.07) is 16.4. The Labute approximate surface area is 169 Å². The van der Waals surface area contributed by atoms with Gasteiger partial charge in [-0.25, -0.2) is 0 Å². The normalized spacial score (nSPS) is 19.9. The molecule has 6 nitrogen and oxygen atoms in total. The number of hydrogen-bond acceptors (Lipinski definition) is 3. The Morgan fingerprint density at radius 1 is 1.10 bits per heavy atom. The number of benzene rings is 2. The molecule has 1 fully saturated rings. The highest BCUT2D eigenvalue weighted by atomic mass is 16.2. The predicted octanol–water partition coefficient (Wildman–Crippen LogP) is 2.31. The van der Waals surface area contributed by atoms with Gasteiger partial charge in [-0.1, -0.05) is 48.4 Å². The van der Waals surface area contributed by atoms with Crippen LogP contribution in [0, 0.1) is 11.8 Å². The van der Waals surface area contributed by atoms with Crippen LogP contribution in [0.3, 0.4) is 0 Å². The Balaban J connectivity index is 1.85. The number of amides is 3. The molecule has 4 rings (SSSR count).